The van der Waals surface area contributed by atoms with Crippen molar-refractivity contribution in [3.05, 3.63) is 94.5 Å². The third kappa shape index (κ3) is 3.12. The maximum Gasteiger partial charge on any atom is 0.250 e. The van der Waals surface area contributed by atoms with E-state index in [0.717, 1.165) is 16.7 Å². The molecule has 0 radical (unpaired) electrons. The minimum Gasteiger partial charge on any atom is -0.497 e. The summed E-state index contributed by atoms with van der Waals surface area (Å²) in [4.78, 5) is 18.3. The second-order valence-electron chi connectivity index (χ2n) is 9.32. The number of ether oxygens (including phenoxy) is 2. The number of aryl methyl sites for hydroxylation is 2. The highest BCUT2D eigenvalue weighted by Gasteiger charge is 2.77. The predicted molar refractivity (Wildman–Crippen MR) is 129 cm³/mol. The summed E-state index contributed by atoms with van der Waals surface area (Å²) in [5.41, 5.74) is 2.54. The Hall–Kier alpha value is -3.39. The molecule has 0 saturated heterocycles. The molecule has 1 aliphatic carbocycles. The number of carbonyl (C=O) groups is 1. The van der Waals surface area contributed by atoms with Gasteiger partial charge in [-0.2, -0.15) is 0 Å². The Kier molecular flexibility index (Phi) is 5.59. The number of hydrogen-bond acceptors (Lipinski definition) is 6. The van der Waals surface area contributed by atoms with Crippen molar-refractivity contribution in [3.63, 3.8) is 0 Å². The van der Waals surface area contributed by atoms with Crippen LogP contribution in [0.4, 0.5) is 0 Å². The van der Waals surface area contributed by atoms with Crippen molar-refractivity contribution >= 4 is 5.91 Å². The number of aliphatic hydroxyl groups excluding tert-OH is 1. The fourth-order valence-electron chi connectivity index (χ4n) is 6.16. The first-order chi connectivity index (χ1) is 16.8. The van der Waals surface area contributed by atoms with E-state index in [1.165, 1.54) is 7.11 Å². The molecule has 0 spiro atoms. The van der Waals surface area contributed by atoms with E-state index in [0.29, 0.717) is 22.6 Å². The number of hydroxylamine groups is 1. The Bertz CT molecular complexity index is 1260. The third-order valence-electron chi connectivity index (χ3n) is 7.41. The summed E-state index contributed by atoms with van der Waals surface area (Å²) < 4.78 is 12.1. The van der Waals surface area contributed by atoms with Crippen LogP contribution in [0, 0.1) is 19.8 Å². The van der Waals surface area contributed by atoms with Crippen LogP contribution < -0.4 is 15.0 Å². The average Bonchev–Trinajstić information content (AvgIpc) is 3.22. The normalized spacial score (nSPS) is 28.7. The van der Waals surface area contributed by atoms with Gasteiger partial charge in [-0.25, -0.2) is 5.48 Å². The summed E-state index contributed by atoms with van der Waals surface area (Å²) in [5.74, 6) is -1.23. The summed E-state index contributed by atoms with van der Waals surface area (Å²) >= 11 is 0. The number of hydrogen-bond donors (Lipinski definition) is 3. The average molecular weight is 476 g/mol. The van der Waals surface area contributed by atoms with Crippen LogP contribution >= 0.6 is 0 Å². The predicted octanol–water partition coefficient (Wildman–Crippen LogP) is 3.24. The lowest BCUT2D eigenvalue weighted by Gasteiger charge is -2.41. The molecular weight excluding hydrogens is 446 g/mol. The lowest BCUT2D eigenvalue weighted by Crippen LogP contribution is -2.52. The second kappa shape index (κ2) is 8.37. The highest BCUT2D eigenvalue weighted by Crippen LogP contribution is 2.69. The van der Waals surface area contributed by atoms with Gasteiger partial charge in [0.1, 0.15) is 17.6 Å². The van der Waals surface area contributed by atoms with Crippen LogP contribution in [0.3, 0.4) is 0 Å². The topological polar surface area (TPSA) is 97.3 Å². The van der Waals surface area contributed by atoms with E-state index in [9.17, 15) is 15.0 Å². The first kappa shape index (κ1) is 23.4. The quantitative estimate of drug-likeness (QED) is 0.491. The van der Waals surface area contributed by atoms with Gasteiger partial charge in [-0.05, 0) is 54.3 Å². The largest absolute Gasteiger partial charge is 0.497 e. The molecule has 7 nitrogen and oxygen atoms in total. The van der Waals surface area contributed by atoms with Crippen LogP contribution in [-0.4, -0.2) is 36.4 Å². The summed E-state index contributed by atoms with van der Waals surface area (Å²) in [7, 11) is 2.92. The molecule has 0 aromatic heterocycles. The number of carbonyl (C=O) groups excluding carboxylic acids is 1. The SMILES string of the molecule is CONC(=O)[C@H]1[C@@H](O)[C@@]2(O)c3c(C)cc(C)cc3O[C@@]2(c2ccc(OC)cc2)[C@@H]1c1ccccc1. The van der Waals surface area contributed by atoms with Crippen LogP contribution in [0.25, 0.3) is 0 Å². The Labute approximate surface area is 204 Å². The van der Waals surface area contributed by atoms with Gasteiger partial charge < -0.3 is 19.7 Å². The fourth-order valence-corrected chi connectivity index (χ4v) is 6.16. The minimum absolute atomic E-state index is 0.486. The van der Waals surface area contributed by atoms with E-state index in [2.05, 4.69) is 5.48 Å². The van der Waals surface area contributed by atoms with Crippen molar-refractivity contribution in [1.82, 2.24) is 5.48 Å². The molecule has 1 fully saturated rings. The van der Waals surface area contributed by atoms with Gasteiger partial charge in [-0.3, -0.25) is 9.63 Å². The Morgan fingerprint density at radius 3 is 2.34 bits per heavy atom. The van der Waals surface area contributed by atoms with Gasteiger partial charge in [0.25, 0.3) is 0 Å². The number of methoxy groups -OCH3 is 1. The summed E-state index contributed by atoms with van der Waals surface area (Å²) in [6.45, 7) is 3.83. The van der Waals surface area contributed by atoms with Crippen LogP contribution in [0.15, 0.2) is 66.7 Å². The zero-order valence-electron chi connectivity index (χ0n) is 20.1. The van der Waals surface area contributed by atoms with Crippen molar-refractivity contribution in [2.45, 2.75) is 37.1 Å². The van der Waals surface area contributed by atoms with Crippen molar-refractivity contribution in [3.8, 4) is 11.5 Å². The molecule has 7 heteroatoms. The van der Waals surface area contributed by atoms with Crippen LogP contribution in [0.1, 0.15) is 33.7 Å². The molecule has 0 unspecified atom stereocenters. The zero-order valence-corrected chi connectivity index (χ0v) is 20.1. The molecule has 1 aliphatic heterocycles. The number of amides is 1. The van der Waals surface area contributed by atoms with E-state index >= 15 is 0 Å². The van der Waals surface area contributed by atoms with Crippen molar-refractivity contribution in [1.29, 1.82) is 0 Å². The van der Waals surface area contributed by atoms with Gasteiger partial charge >= 0.3 is 0 Å². The second-order valence-corrected chi connectivity index (χ2v) is 9.32. The molecule has 3 aromatic carbocycles. The molecule has 3 aromatic rings. The molecule has 1 heterocycles. The monoisotopic (exact) mass is 475 g/mol. The first-order valence-electron chi connectivity index (χ1n) is 11.5. The molecule has 2 aliphatic rings. The van der Waals surface area contributed by atoms with E-state index < -0.39 is 35.0 Å². The smallest absolute Gasteiger partial charge is 0.250 e. The molecular formula is C28H29NO6. The molecule has 5 rings (SSSR count). The van der Waals surface area contributed by atoms with Gasteiger partial charge in [0.05, 0.1) is 20.1 Å². The molecule has 1 saturated carbocycles. The number of rotatable bonds is 5. The highest BCUT2D eigenvalue weighted by atomic mass is 16.6. The van der Waals surface area contributed by atoms with E-state index in [1.807, 2.05) is 68.4 Å². The molecule has 3 N–H and O–H groups in total. The Morgan fingerprint density at radius 1 is 1.03 bits per heavy atom. The summed E-state index contributed by atoms with van der Waals surface area (Å²) in [5, 5.41) is 24.5. The number of benzene rings is 3. The maximum absolute atomic E-state index is 13.4. The molecule has 0 bridgehead atoms. The van der Waals surface area contributed by atoms with Crippen LogP contribution in [0.2, 0.25) is 0 Å². The van der Waals surface area contributed by atoms with Crippen LogP contribution in [0.5, 0.6) is 11.5 Å². The highest BCUT2D eigenvalue weighted by molar-refractivity contribution is 5.82. The Balaban J connectivity index is 1.86. The third-order valence-corrected chi connectivity index (χ3v) is 7.41. The van der Waals surface area contributed by atoms with Crippen molar-refractivity contribution in [2.24, 2.45) is 5.92 Å². The first-order valence-corrected chi connectivity index (χ1v) is 11.5. The summed E-state index contributed by atoms with van der Waals surface area (Å²) in [6.07, 6.45) is -1.49. The van der Waals surface area contributed by atoms with Gasteiger partial charge in [-0.1, -0.05) is 48.5 Å². The Morgan fingerprint density at radius 2 is 1.71 bits per heavy atom. The number of fused-ring (bicyclic) bond motifs is 3. The van der Waals surface area contributed by atoms with Crippen molar-refractivity contribution in [2.75, 3.05) is 14.2 Å². The number of nitrogens with one attached hydrogen (secondary N) is 1. The minimum atomic E-state index is -1.93. The lowest BCUT2D eigenvalue weighted by atomic mass is 9.70. The van der Waals surface area contributed by atoms with Crippen LogP contribution in [-0.2, 0) is 20.8 Å². The maximum atomic E-state index is 13.4. The standard InChI is InChI=1S/C28H29NO6/c1-16-14-17(2)23-21(15-16)35-28(19-10-12-20(33-3)13-11-19)24(18-8-6-5-7-9-18)22(26(31)29-34-4)25(30)27(23,28)32/h5-15,22,24-25,30,32H,1-4H3,(H,29,31)/t22-,24-,25-,27+,28+/m1/s1. The lowest BCUT2D eigenvalue weighted by molar-refractivity contribution is -0.156. The van der Waals surface area contributed by atoms with E-state index in [-0.39, 0.29) is 0 Å². The number of aliphatic hydroxyl groups is 2. The molecule has 1 amide bonds. The van der Waals surface area contributed by atoms with E-state index in [4.69, 9.17) is 14.3 Å². The molecule has 35 heavy (non-hydrogen) atoms. The van der Waals surface area contributed by atoms with E-state index in [1.54, 1.807) is 19.2 Å². The van der Waals surface area contributed by atoms with Gasteiger partial charge in [0, 0.05) is 11.5 Å². The summed E-state index contributed by atoms with van der Waals surface area (Å²) in [6, 6.07) is 20.4. The zero-order chi connectivity index (χ0) is 25.0. The molecule has 5 atom stereocenters. The molecule has 182 valence electrons. The van der Waals surface area contributed by atoms with Gasteiger partial charge in [0.15, 0.2) is 11.2 Å². The van der Waals surface area contributed by atoms with Gasteiger partial charge in [0.2, 0.25) is 5.91 Å². The van der Waals surface area contributed by atoms with Crippen molar-refractivity contribution < 1.29 is 29.3 Å². The fraction of sp³-hybridized carbons (Fsp3) is 0.321. The van der Waals surface area contributed by atoms with Gasteiger partial charge in [-0.15, -0.1) is 0 Å².